The van der Waals surface area contributed by atoms with Crippen molar-refractivity contribution in [3.63, 3.8) is 0 Å². The van der Waals surface area contributed by atoms with Gasteiger partial charge in [-0.15, -0.1) is 11.3 Å². The first kappa shape index (κ1) is 17.1. The van der Waals surface area contributed by atoms with E-state index in [0.29, 0.717) is 19.6 Å². The highest BCUT2D eigenvalue weighted by molar-refractivity contribution is 7.13. The number of carbonyl (C=O) groups excluding carboxylic acids is 1. The second-order valence-electron chi connectivity index (χ2n) is 5.95. The van der Waals surface area contributed by atoms with Gasteiger partial charge in [0.2, 0.25) is 5.91 Å². The van der Waals surface area contributed by atoms with Gasteiger partial charge in [-0.3, -0.25) is 14.4 Å². The number of nitrogens with zero attached hydrogens (tertiary/aromatic N) is 5. The number of amides is 1. The largest absolute Gasteiger partial charge is 0.374 e. The molecule has 0 aromatic carbocycles. The predicted octanol–water partition coefficient (Wildman–Crippen LogP) is 1.48. The van der Waals surface area contributed by atoms with E-state index >= 15 is 0 Å². The summed E-state index contributed by atoms with van der Waals surface area (Å²) in [5.74, 6) is 0.0916. The second-order valence-corrected chi connectivity index (χ2v) is 6.82. The van der Waals surface area contributed by atoms with Gasteiger partial charge in [0.1, 0.15) is 0 Å². The number of likely N-dealkylation sites (N-methyl/N-ethyl adjacent to an activating group) is 1. The zero-order chi connectivity index (χ0) is 16.8. The Morgan fingerprint density at radius 3 is 3.12 bits per heavy atom. The summed E-state index contributed by atoms with van der Waals surface area (Å²) in [4.78, 5) is 21.0. The lowest BCUT2D eigenvalue weighted by molar-refractivity contribution is -0.119. The SMILES string of the molecule is CN1CCOC(CN(C(=O)CCCn2cccn2)c2nccs2)C1. The summed E-state index contributed by atoms with van der Waals surface area (Å²) in [5, 5.41) is 6.81. The summed E-state index contributed by atoms with van der Waals surface area (Å²) in [7, 11) is 2.08. The molecule has 1 fully saturated rings. The van der Waals surface area contributed by atoms with Crippen LogP contribution in [-0.4, -0.2) is 65.0 Å². The number of rotatable bonds is 7. The van der Waals surface area contributed by atoms with Crippen LogP contribution < -0.4 is 4.90 Å². The van der Waals surface area contributed by atoms with Gasteiger partial charge in [0, 0.05) is 50.0 Å². The molecule has 0 N–H and O–H groups in total. The van der Waals surface area contributed by atoms with E-state index in [1.165, 1.54) is 11.3 Å². The van der Waals surface area contributed by atoms with Gasteiger partial charge in [-0.25, -0.2) is 4.98 Å². The molecule has 0 bridgehead atoms. The summed E-state index contributed by atoms with van der Waals surface area (Å²) >= 11 is 1.49. The first-order valence-corrected chi connectivity index (χ1v) is 9.08. The van der Waals surface area contributed by atoms with Crippen LogP contribution in [0.1, 0.15) is 12.8 Å². The highest BCUT2D eigenvalue weighted by Crippen LogP contribution is 2.20. The van der Waals surface area contributed by atoms with Crippen molar-refractivity contribution in [3.05, 3.63) is 30.0 Å². The smallest absolute Gasteiger partial charge is 0.228 e. The van der Waals surface area contributed by atoms with Gasteiger partial charge in [-0.05, 0) is 19.5 Å². The molecule has 1 saturated heterocycles. The van der Waals surface area contributed by atoms with Crippen molar-refractivity contribution >= 4 is 22.4 Å². The zero-order valence-corrected chi connectivity index (χ0v) is 14.7. The summed E-state index contributed by atoms with van der Waals surface area (Å²) in [6.45, 7) is 3.78. The van der Waals surface area contributed by atoms with Gasteiger partial charge in [-0.1, -0.05) is 0 Å². The average Bonchev–Trinajstić information content (AvgIpc) is 3.26. The van der Waals surface area contributed by atoms with Gasteiger partial charge in [0.05, 0.1) is 19.3 Å². The standard InChI is InChI=1S/C16H23N5O2S/c1-19-9-10-23-14(12-19)13-21(16-17-6-11-24-16)15(22)4-2-7-20-8-3-5-18-20/h3,5-6,8,11,14H,2,4,7,9-10,12-13H2,1H3. The molecule has 8 heteroatoms. The molecule has 1 amide bonds. The van der Waals surface area contributed by atoms with Crippen LogP contribution in [0.2, 0.25) is 0 Å². The lowest BCUT2D eigenvalue weighted by atomic mass is 10.2. The van der Waals surface area contributed by atoms with E-state index < -0.39 is 0 Å². The summed E-state index contributed by atoms with van der Waals surface area (Å²) in [5.41, 5.74) is 0. The Kier molecular flexibility index (Phi) is 5.95. The molecule has 0 saturated carbocycles. The van der Waals surface area contributed by atoms with E-state index in [0.717, 1.165) is 31.2 Å². The van der Waals surface area contributed by atoms with Crippen molar-refractivity contribution in [2.24, 2.45) is 0 Å². The molecular weight excluding hydrogens is 326 g/mol. The van der Waals surface area contributed by atoms with Crippen LogP contribution in [0.5, 0.6) is 0 Å². The number of aromatic nitrogens is 3. The quantitative estimate of drug-likeness (QED) is 0.758. The molecule has 1 aliphatic heterocycles. The topological polar surface area (TPSA) is 63.5 Å². The van der Waals surface area contributed by atoms with Crippen LogP contribution in [0.4, 0.5) is 5.13 Å². The number of anilines is 1. The van der Waals surface area contributed by atoms with Crippen LogP contribution in [-0.2, 0) is 16.1 Å². The Morgan fingerprint density at radius 1 is 1.50 bits per heavy atom. The highest BCUT2D eigenvalue weighted by Gasteiger charge is 2.25. The Hall–Kier alpha value is -1.77. The third-order valence-electron chi connectivity index (χ3n) is 4.02. The summed E-state index contributed by atoms with van der Waals surface area (Å²) in [6, 6.07) is 1.89. The maximum absolute atomic E-state index is 12.7. The van der Waals surface area contributed by atoms with Gasteiger partial charge < -0.3 is 9.64 Å². The van der Waals surface area contributed by atoms with Crippen molar-refractivity contribution in [3.8, 4) is 0 Å². The van der Waals surface area contributed by atoms with Crippen molar-refractivity contribution in [1.82, 2.24) is 19.7 Å². The normalized spacial score (nSPS) is 18.6. The van der Waals surface area contributed by atoms with Crippen molar-refractivity contribution < 1.29 is 9.53 Å². The lowest BCUT2D eigenvalue weighted by Crippen LogP contribution is -2.47. The number of hydrogen-bond donors (Lipinski definition) is 0. The molecule has 0 aliphatic carbocycles. The Morgan fingerprint density at radius 2 is 2.42 bits per heavy atom. The molecular formula is C16H23N5O2S. The number of hydrogen-bond acceptors (Lipinski definition) is 6. The number of ether oxygens (including phenoxy) is 1. The molecule has 0 spiro atoms. The second kappa shape index (κ2) is 8.36. The Balaban J connectivity index is 1.58. The Bertz CT molecular complexity index is 616. The molecule has 2 aromatic rings. The minimum atomic E-state index is 0.0303. The number of carbonyl (C=O) groups is 1. The number of morpholine rings is 1. The van der Waals surface area contributed by atoms with Crippen LogP contribution in [0.25, 0.3) is 0 Å². The van der Waals surface area contributed by atoms with Crippen LogP contribution in [0.3, 0.4) is 0 Å². The molecule has 7 nitrogen and oxygen atoms in total. The van der Waals surface area contributed by atoms with E-state index in [4.69, 9.17) is 4.74 Å². The molecule has 3 heterocycles. The number of thiazole rings is 1. The van der Waals surface area contributed by atoms with Gasteiger partial charge in [0.25, 0.3) is 0 Å². The zero-order valence-electron chi connectivity index (χ0n) is 13.9. The van der Waals surface area contributed by atoms with E-state index in [9.17, 15) is 4.79 Å². The molecule has 24 heavy (non-hydrogen) atoms. The lowest BCUT2D eigenvalue weighted by Gasteiger charge is -2.33. The molecule has 3 rings (SSSR count). The van der Waals surface area contributed by atoms with Crippen molar-refractivity contribution in [2.45, 2.75) is 25.5 Å². The minimum Gasteiger partial charge on any atom is -0.374 e. The maximum Gasteiger partial charge on any atom is 0.228 e. The van der Waals surface area contributed by atoms with Crippen LogP contribution in [0.15, 0.2) is 30.0 Å². The van der Waals surface area contributed by atoms with E-state index in [-0.39, 0.29) is 12.0 Å². The monoisotopic (exact) mass is 349 g/mol. The Labute approximate surface area is 145 Å². The van der Waals surface area contributed by atoms with Gasteiger partial charge in [-0.2, -0.15) is 5.10 Å². The van der Waals surface area contributed by atoms with Crippen molar-refractivity contribution in [1.29, 1.82) is 0 Å². The summed E-state index contributed by atoms with van der Waals surface area (Å²) < 4.78 is 7.67. The molecule has 130 valence electrons. The molecule has 1 aliphatic rings. The van der Waals surface area contributed by atoms with E-state index in [1.54, 1.807) is 17.3 Å². The first-order valence-electron chi connectivity index (χ1n) is 8.20. The fourth-order valence-corrected chi connectivity index (χ4v) is 3.45. The van der Waals surface area contributed by atoms with Crippen molar-refractivity contribution in [2.75, 3.05) is 38.2 Å². The molecule has 1 atom stereocenters. The fraction of sp³-hybridized carbons (Fsp3) is 0.562. The average molecular weight is 349 g/mol. The highest BCUT2D eigenvalue weighted by atomic mass is 32.1. The van der Waals surface area contributed by atoms with Crippen LogP contribution in [0, 0.1) is 0 Å². The number of aryl methyl sites for hydroxylation is 1. The molecule has 1 unspecified atom stereocenters. The third kappa shape index (κ3) is 4.62. The minimum absolute atomic E-state index is 0.0303. The fourth-order valence-electron chi connectivity index (χ4n) is 2.78. The van der Waals surface area contributed by atoms with Gasteiger partial charge >= 0.3 is 0 Å². The van der Waals surface area contributed by atoms with E-state index in [1.807, 2.05) is 22.3 Å². The predicted molar refractivity (Wildman–Crippen MR) is 93.2 cm³/mol. The first-order chi connectivity index (χ1) is 11.7. The van der Waals surface area contributed by atoms with Crippen LogP contribution >= 0.6 is 11.3 Å². The maximum atomic E-state index is 12.7. The molecule has 0 radical (unpaired) electrons. The summed E-state index contributed by atoms with van der Waals surface area (Å²) in [6.07, 6.45) is 6.66. The third-order valence-corrected chi connectivity index (χ3v) is 4.81. The molecule has 2 aromatic heterocycles. The van der Waals surface area contributed by atoms with Gasteiger partial charge in [0.15, 0.2) is 5.13 Å². The van der Waals surface area contributed by atoms with E-state index in [2.05, 4.69) is 22.0 Å².